The van der Waals surface area contributed by atoms with Gasteiger partial charge in [0, 0.05) is 0 Å². The van der Waals surface area contributed by atoms with Gasteiger partial charge in [-0.3, -0.25) is 19.6 Å². The summed E-state index contributed by atoms with van der Waals surface area (Å²) < 4.78 is 42.2. The van der Waals surface area contributed by atoms with Crippen molar-refractivity contribution in [3.8, 4) is 11.5 Å². The number of hydrogen-bond acceptors (Lipinski definition) is 5. The van der Waals surface area contributed by atoms with Crippen LogP contribution in [0.2, 0.25) is 0 Å². The van der Waals surface area contributed by atoms with E-state index in [1.807, 2.05) is 0 Å². The van der Waals surface area contributed by atoms with Crippen LogP contribution in [0.15, 0.2) is 27.8 Å². The van der Waals surface area contributed by atoms with Gasteiger partial charge < -0.3 is 15.2 Å². The summed E-state index contributed by atoms with van der Waals surface area (Å²) in [6, 6.07) is 4.00. The average Bonchev–Trinajstić information content (AvgIpc) is 2.62. The molecule has 1 aromatic heterocycles. The number of hydrogen-bond donors (Lipinski definition) is 4. The van der Waals surface area contributed by atoms with E-state index in [9.17, 15) is 32.7 Å². The lowest BCUT2D eigenvalue weighted by atomic mass is 9.87. The molecule has 8 nitrogen and oxygen atoms in total. The maximum atomic E-state index is 12.5. The highest BCUT2D eigenvalue weighted by Crippen LogP contribution is 2.36. The molecule has 0 spiro atoms. The quantitative estimate of drug-likeness (QED) is 0.621. The zero-order valence-electron chi connectivity index (χ0n) is 14.4. The molecule has 0 unspecified atom stereocenters. The summed E-state index contributed by atoms with van der Waals surface area (Å²) in [5.74, 6) is -1.74. The van der Waals surface area contributed by atoms with Gasteiger partial charge >= 0.3 is 11.9 Å². The third kappa shape index (κ3) is 4.18. The van der Waals surface area contributed by atoms with Gasteiger partial charge in [-0.15, -0.1) is 0 Å². The molecule has 4 N–H and O–H groups in total. The fourth-order valence-corrected chi connectivity index (χ4v) is 3.13. The summed E-state index contributed by atoms with van der Waals surface area (Å²) in [5, 5.41) is 12.3. The van der Waals surface area contributed by atoms with Crippen molar-refractivity contribution in [3.63, 3.8) is 0 Å². The SMILES string of the molecule is O=C(N[C@@H]1CCCc2c(OCC(F)(F)F)cccc21)c1[nH]c(=O)[nH]c(=O)c1O. The Morgan fingerprint density at radius 3 is 2.75 bits per heavy atom. The van der Waals surface area contributed by atoms with Gasteiger partial charge in [-0.2, -0.15) is 13.2 Å². The van der Waals surface area contributed by atoms with Crippen LogP contribution in [0.25, 0.3) is 0 Å². The highest BCUT2D eigenvalue weighted by atomic mass is 19.4. The molecule has 11 heteroatoms. The minimum Gasteiger partial charge on any atom is -0.501 e. The van der Waals surface area contributed by atoms with Crippen molar-refractivity contribution in [1.82, 2.24) is 15.3 Å². The second kappa shape index (κ2) is 7.41. The summed E-state index contributed by atoms with van der Waals surface area (Å²) in [5.41, 5.74) is -1.54. The van der Waals surface area contributed by atoms with Gasteiger partial charge in [0.15, 0.2) is 12.3 Å². The van der Waals surface area contributed by atoms with Gasteiger partial charge in [0.1, 0.15) is 5.75 Å². The molecular weight excluding hydrogens is 383 g/mol. The van der Waals surface area contributed by atoms with E-state index < -0.39 is 47.4 Å². The van der Waals surface area contributed by atoms with Crippen LogP contribution in [0, 0.1) is 0 Å². The Morgan fingerprint density at radius 1 is 1.29 bits per heavy atom. The molecule has 1 atom stereocenters. The normalized spacial score (nSPS) is 16.3. The topological polar surface area (TPSA) is 124 Å². The number of halogens is 3. The van der Waals surface area contributed by atoms with Crippen LogP contribution in [0.1, 0.15) is 40.5 Å². The van der Waals surface area contributed by atoms with E-state index in [4.69, 9.17) is 4.74 Å². The molecule has 1 amide bonds. The van der Waals surface area contributed by atoms with Gasteiger partial charge in [0.25, 0.3) is 11.5 Å². The van der Waals surface area contributed by atoms with E-state index in [0.29, 0.717) is 30.4 Å². The van der Waals surface area contributed by atoms with E-state index in [0.717, 1.165) is 0 Å². The van der Waals surface area contributed by atoms with Gasteiger partial charge in [-0.1, -0.05) is 12.1 Å². The largest absolute Gasteiger partial charge is 0.501 e. The van der Waals surface area contributed by atoms with Crippen molar-refractivity contribution in [3.05, 3.63) is 55.9 Å². The Kier molecular flexibility index (Phi) is 5.16. The second-order valence-electron chi connectivity index (χ2n) is 6.28. The molecule has 0 saturated carbocycles. The summed E-state index contributed by atoms with van der Waals surface area (Å²) in [7, 11) is 0. The molecule has 1 aliphatic carbocycles. The summed E-state index contributed by atoms with van der Waals surface area (Å²) in [4.78, 5) is 39.0. The van der Waals surface area contributed by atoms with Crippen molar-refractivity contribution in [2.75, 3.05) is 6.61 Å². The van der Waals surface area contributed by atoms with Crippen LogP contribution < -0.4 is 21.3 Å². The number of aromatic hydroxyl groups is 1. The molecule has 0 bridgehead atoms. The van der Waals surface area contributed by atoms with Gasteiger partial charge in [0.2, 0.25) is 5.75 Å². The maximum absolute atomic E-state index is 12.5. The van der Waals surface area contributed by atoms with Crippen LogP contribution in [-0.4, -0.2) is 33.8 Å². The van der Waals surface area contributed by atoms with Gasteiger partial charge in [0.05, 0.1) is 6.04 Å². The minimum atomic E-state index is -4.48. The third-order valence-corrected chi connectivity index (χ3v) is 4.31. The monoisotopic (exact) mass is 399 g/mol. The highest BCUT2D eigenvalue weighted by Gasteiger charge is 2.30. The molecule has 0 aliphatic heterocycles. The number of benzene rings is 1. The van der Waals surface area contributed by atoms with Crippen LogP contribution in [0.5, 0.6) is 11.5 Å². The number of carbonyl (C=O) groups is 1. The zero-order chi connectivity index (χ0) is 20.5. The lowest BCUT2D eigenvalue weighted by Crippen LogP contribution is -2.35. The van der Waals surface area contributed by atoms with Crippen molar-refractivity contribution in [1.29, 1.82) is 0 Å². The first-order valence-electron chi connectivity index (χ1n) is 8.33. The number of carbonyl (C=O) groups excluding carboxylic acids is 1. The molecular formula is C17H16F3N3O5. The summed E-state index contributed by atoms with van der Waals surface area (Å²) in [6.45, 7) is -1.43. The predicted molar refractivity (Wildman–Crippen MR) is 90.5 cm³/mol. The Bertz CT molecular complexity index is 1010. The van der Waals surface area contributed by atoms with Crippen molar-refractivity contribution in [2.45, 2.75) is 31.5 Å². The van der Waals surface area contributed by atoms with Crippen molar-refractivity contribution >= 4 is 5.91 Å². The number of amides is 1. The summed E-state index contributed by atoms with van der Waals surface area (Å²) >= 11 is 0. The molecule has 0 fully saturated rings. The number of H-pyrrole nitrogens is 2. The van der Waals surface area contributed by atoms with E-state index in [1.165, 1.54) is 12.1 Å². The number of aromatic nitrogens is 2. The van der Waals surface area contributed by atoms with Crippen LogP contribution >= 0.6 is 0 Å². The molecule has 0 saturated heterocycles. The van der Waals surface area contributed by atoms with Gasteiger partial charge in [-0.25, -0.2) is 4.79 Å². The first kappa shape index (κ1) is 19.5. The number of fused-ring (bicyclic) bond motifs is 1. The maximum Gasteiger partial charge on any atom is 0.422 e. The lowest BCUT2D eigenvalue weighted by Gasteiger charge is -2.28. The molecule has 28 heavy (non-hydrogen) atoms. The first-order chi connectivity index (χ1) is 13.2. The van der Waals surface area contributed by atoms with E-state index in [-0.39, 0.29) is 5.75 Å². The van der Waals surface area contributed by atoms with E-state index >= 15 is 0 Å². The Balaban J connectivity index is 1.86. The summed E-state index contributed by atoms with van der Waals surface area (Å²) in [6.07, 6.45) is -2.95. The Morgan fingerprint density at radius 2 is 2.04 bits per heavy atom. The molecule has 3 rings (SSSR count). The number of nitrogens with one attached hydrogen (secondary N) is 3. The molecule has 2 aromatic rings. The highest BCUT2D eigenvalue weighted by molar-refractivity contribution is 5.94. The van der Waals surface area contributed by atoms with Crippen molar-refractivity contribution < 1.29 is 27.8 Å². The molecule has 1 heterocycles. The molecule has 1 aromatic carbocycles. The zero-order valence-corrected chi connectivity index (χ0v) is 14.4. The smallest absolute Gasteiger partial charge is 0.422 e. The van der Waals surface area contributed by atoms with Crippen LogP contribution in [0.4, 0.5) is 13.2 Å². The predicted octanol–water partition coefficient (Wildman–Crippen LogP) is 1.52. The Labute approximate surface area is 155 Å². The molecule has 1 aliphatic rings. The number of aromatic amines is 2. The number of ether oxygens (including phenoxy) is 1. The second-order valence-corrected chi connectivity index (χ2v) is 6.28. The fraction of sp³-hybridized carbons (Fsp3) is 0.353. The first-order valence-corrected chi connectivity index (χ1v) is 8.33. The van der Waals surface area contributed by atoms with Crippen LogP contribution in [-0.2, 0) is 6.42 Å². The molecule has 0 radical (unpaired) electrons. The standard InChI is InChI=1S/C17H16F3N3O5/c18-17(19,20)7-28-11-6-2-3-8-9(11)4-1-5-10(8)21-14(25)12-13(24)15(26)23-16(27)22-12/h2-3,6,10,24H,1,4-5,7H2,(H,21,25)(H2,22,23,26,27)/t10-/m1/s1. The van der Waals surface area contributed by atoms with Crippen molar-refractivity contribution in [2.24, 2.45) is 0 Å². The van der Waals surface area contributed by atoms with E-state index in [2.05, 4.69) is 10.3 Å². The van der Waals surface area contributed by atoms with E-state index in [1.54, 1.807) is 11.1 Å². The Hall–Kier alpha value is -3.24. The average molecular weight is 399 g/mol. The van der Waals surface area contributed by atoms with Gasteiger partial charge in [-0.05, 0) is 36.5 Å². The lowest BCUT2D eigenvalue weighted by molar-refractivity contribution is -0.153. The van der Waals surface area contributed by atoms with Crippen LogP contribution in [0.3, 0.4) is 0 Å². The molecule has 150 valence electrons. The third-order valence-electron chi connectivity index (χ3n) is 4.31. The number of alkyl halides is 3. The minimum absolute atomic E-state index is 0.0844. The fourth-order valence-electron chi connectivity index (χ4n) is 3.13. The number of rotatable bonds is 4.